The molecule has 0 aliphatic rings. The van der Waals surface area contributed by atoms with Gasteiger partial charge in [0, 0.05) is 18.7 Å². The summed E-state index contributed by atoms with van der Waals surface area (Å²) in [5.41, 5.74) is 0.468. The average molecular weight is 292 g/mol. The van der Waals surface area contributed by atoms with Gasteiger partial charge in [-0.05, 0) is 30.4 Å². The monoisotopic (exact) mass is 292 g/mol. The normalized spacial score (nSPS) is 11.0. The largest absolute Gasteiger partial charge is 0.396 e. The van der Waals surface area contributed by atoms with Crippen LogP contribution in [0.2, 0.25) is 0 Å². The third-order valence-corrected chi connectivity index (χ3v) is 3.22. The minimum Gasteiger partial charge on any atom is -0.396 e. The smallest absolute Gasteiger partial charge is 0.251 e. The summed E-state index contributed by atoms with van der Waals surface area (Å²) in [5.74, 6) is -0.471. The lowest BCUT2D eigenvalue weighted by Crippen LogP contribution is -2.40. The van der Waals surface area contributed by atoms with Crippen LogP contribution in [0, 0.1) is 5.41 Å². The van der Waals surface area contributed by atoms with Gasteiger partial charge in [-0.2, -0.15) is 0 Å². The lowest BCUT2D eigenvalue weighted by molar-refractivity contribution is -0.120. The van der Waals surface area contributed by atoms with Gasteiger partial charge in [0.05, 0.1) is 6.54 Å². The van der Waals surface area contributed by atoms with Gasteiger partial charge in [0.15, 0.2) is 0 Å². The van der Waals surface area contributed by atoms with E-state index in [4.69, 9.17) is 5.11 Å². The molecular weight excluding hydrogens is 268 g/mol. The highest BCUT2D eigenvalue weighted by Crippen LogP contribution is 2.20. The zero-order valence-corrected chi connectivity index (χ0v) is 12.7. The second-order valence-electron chi connectivity index (χ2n) is 5.82. The predicted octanol–water partition coefficient (Wildman–Crippen LogP) is 1.33. The molecule has 5 nitrogen and oxygen atoms in total. The molecular formula is C16H24N2O3. The first kappa shape index (κ1) is 17.2. The Morgan fingerprint density at radius 2 is 1.81 bits per heavy atom. The fourth-order valence-corrected chi connectivity index (χ4v) is 1.90. The van der Waals surface area contributed by atoms with E-state index in [0.29, 0.717) is 18.5 Å². The zero-order chi connectivity index (χ0) is 15.7. The molecule has 5 heteroatoms. The molecule has 1 rings (SSSR count). The van der Waals surface area contributed by atoms with Crippen LogP contribution in [0.4, 0.5) is 0 Å². The molecule has 1 aromatic carbocycles. The Morgan fingerprint density at radius 1 is 1.14 bits per heavy atom. The summed E-state index contributed by atoms with van der Waals surface area (Å²) in [6.07, 6.45) is 1.55. The highest BCUT2D eigenvalue weighted by molar-refractivity contribution is 5.96. The van der Waals surface area contributed by atoms with Gasteiger partial charge in [-0.1, -0.05) is 32.0 Å². The second-order valence-corrected chi connectivity index (χ2v) is 5.82. The van der Waals surface area contributed by atoms with Gasteiger partial charge in [0.2, 0.25) is 5.91 Å². The van der Waals surface area contributed by atoms with Crippen LogP contribution in [0.5, 0.6) is 0 Å². The van der Waals surface area contributed by atoms with Crippen molar-refractivity contribution < 1.29 is 14.7 Å². The van der Waals surface area contributed by atoms with Crippen molar-refractivity contribution in [1.29, 1.82) is 0 Å². The summed E-state index contributed by atoms with van der Waals surface area (Å²) < 4.78 is 0. The van der Waals surface area contributed by atoms with E-state index in [1.807, 2.05) is 19.9 Å². The molecule has 3 N–H and O–H groups in total. The molecule has 0 aliphatic heterocycles. The van der Waals surface area contributed by atoms with Crippen LogP contribution in [0.15, 0.2) is 30.3 Å². The fraction of sp³-hybridized carbons (Fsp3) is 0.500. The number of carbonyl (C=O) groups is 2. The molecule has 0 aromatic heterocycles. The molecule has 1 aromatic rings. The molecule has 0 saturated heterocycles. The third-order valence-electron chi connectivity index (χ3n) is 3.22. The Hall–Kier alpha value is -1.88. The van der Waals surface area contributed by atoms with E-state index in [9.17, 15) is 9.59 Å². The number of carbonyl (C=O) groups excluding carboxylic acids is 2. The van der Waals surface area contributed by atoms with Crippen LogP contribution in [-0.2, 0) is 4.79 Å². The summed E-state index contributed by atoms with van der Waals surface area (Å²) in [6, 6.07) is 8.78. The minimum atomic E-state index is -0.259. The highest BCUT2D eigenvalue weighted by atomic mass is 16.3. The van der Waals surface area contributed by atoms with Crippen LogP contribution < -0.4 is 10.6 Å². The molecule has 0 atom stereocenters. The first-order valence-electron chi connectivity index (χ1n) is 7.15. The van der Waals surface area contributed by atoms with Gasteiger partial charge >= 0.3 is 0 Å². The van der Waals surface area contributed by atoms with Crippen LogP contribution in [-0.4, -0.2) is 36.6 Å². The lowest BCUT2D eigenvalue weighted by atomic mass is 9.88. The molecule has 2 amide bonds. The van der Waals surface area contributed by atoms with Crippen molar-refractivity contribution in [1.82, 2.24) is 10.6 Å². The van der Waals surface area contributed by atoms with Crippen molar-refractivity contribution in [2.24, 2.45) is 5.41 Å². The van der Waals surface area contributed by atoms with E-state index in [-0.39, 0.29) is 30.4 Å². The maximum absolute atomic E-state index is 11.8. The topological polar surface area (TPSA) is 78.4 Å². The van der Waals surface area contributed by atoms with E-state index >= 15 is 0 Å². The van der Waals surface area contributed by atoms with Crippen LogP contribution in [0.1, 0.15) is 37.0 Å². The average Bonchev–Trinajstić information content (AvgIpc) is 2.49. The fourth-order valence-electron chi connectivity index (χ4n) is 1.90. The van der Waals surface area contributed by atoms with Crippen molar-refractivity contribution in [3.05, 3.63) is 35.9 Å². The molecule has 21 heavy (non-hydrogen) atoms. The number of rotatable bonds is 8. The molecule has 0 spiro atoms. The summed E-state index contributed by atoms with van der Waals surface area (Å²) in [4.78, 5) is 23.5. The van der Waals surface area contributed by atoms with Crippen molar-refractivity contribution in [3.63, 3.8) is 0 Å². The first-order valence-corrected chi connectivity index (χ1v) is 7.15. The maximum Gasteiger partial charge on any atom is 0.251 e. The highest BCUT2D eigenvalue weighted by Gasteiger charge is 2.18. The molecule has 0 fully saturated rings. The van der Waals surface area contributed by atoms with E-state index < -0.39 is 0 Å². The number of hydrogen-bond donors (Lipinski definition) is 3. The molecule has 0 unspecified atom stereocenters. The Kier molecular flexibility index (Phi) is 6.88. The Balaban J connectivity index is 2.30. The SMILES string of the molecule is CC(C)(CCCO)CNC(=O)CNC(=O)c1ccccc1. The van der Waals surface area contributed by atoms with E-state index in [1.165, 1.54) is 0 Å². The van der Waals surface area contributed by atoms with Crippen LogP contribution >= 0.6 is 0 Å². The van der Waals surface area contributed by atoms with Crippen LogP contribution in [0.25, 0.3) is 0 Å². The standard InChI is InChI=1S/C16H24N2O3/c1-16(2,9-6-10-19)12-18-14(20)11-17-15(21)13-7-4-3-5-8-13/h3-5,7-8,19H,6,9-12H2,1-2H3,(H,17,21)(H,18,20). The number of aliphatic hydroxyl groups is 1. The quantitative estimate of drug-likeness (QED) is 0.676. The van der Waals surface area contributed by atoms with Gasteiger partial charge in [-0.25, -0.2) is 0 Å². The summed E-state index contributed by atoms with van der Waals surface area (Å²) >= 11 is 0. The lowest BCUT2D eigenvalue weighted by Gasteiger charge is -2.24. The van der Waals surface area contributed by atoms with Crippen molar-refractivity contribution in [2.45, 2.75) is 26.7 Å². The van der Waals surface area contributed by atoms with Crippen molar-refractivity contribution in [3.8, 4) is 0 Å². The minimum absolute atomic E-state index is 0.0379. The Morgan fingerprint density at radius 3 is 2.43 bits per heavy atom. The number of benzene rings is 1. The summed E-state index contributed by atoms with van der Waals surface area (Å²) in [7, 11) is 0. The van der Waals surface area contributed by atoms with Gasteiger partial charge in [-0.15, -0.1) is 0 Å². The predicted molar refractivity (Wildman–Crippen MR) is 81.9 cm³/mol. The van der Waals surface area contributed by atoms with Crippen LogP contribution in [0.3, 0.4) is 0 Å². The molecule has 0 radical (unpaired) electrons. The molecule has 0 heterocycles. The Labute approximate surface area is 125 Å². The number of nitrogens with one attached hydrogen (secondary N) is 2. The van der Waals surface area contributed by atoms with Gasteiger partial charge in [0.1, 0.15) is 0 Å². The van der Waals surface area contributed by atoms with Crippen molar-refractivity contribution in [2.75, 3.05) is 19.7 Å². The molecule has 0 bridgehead atoms. The molecule has 116 valence electrons. The van der Waals surface area contributed by atoms with E-state index in [0.717, 1.165) is 6.42 Å². The number of amides is 2. The van der Waals surface area contributed by atoms with Gasteiger partial charge < -0.3 is 15.7 Å². The van der Waals surface area contributed by atoms with Crippen molar-refractivity contribution >= 4 is 11.8 Å². The zero-order valence-electron chi connectivity index (χ0n) is 12.7. The van der Waals surface area contributed by atoms with E-state index in [2.05, 4.69) is 10.6 Å². The number of aliphatic hydroxyl groups excluding tert-OH is 1. The summed E-state index contributed by atoms with van der Waals surface area (Å²) in [5, 5.41) is 14.2. The van der Waals surface area contributed by atoms with Gasteiger partial charge in [-0.3, -0.25) is 9.59 Å². The van der Waals surface area contributed by atoms with E-state index in [1.54, 1.807) is 24.3 Å². The maximum atomic E-state index is 11.8. The summed E-state index contributed by atoms with van der Waals surface area (Å²) in [6.45, 7) is 4.71. The number of hydrogen-bond acceptors (Lipinski definition) is 3. The third kappa shape index (κ3) is 6.90. The molecule has 0 saturated carbocycles. The Bertz CT molecular complexity index is 458. The van der Waals surface area contributed by atoms with Gasteiger partial charge in [0.25, 0.3) is 5.91 Å². The first-order chi connectivity index (χ1) is 9.94. The second kappa shape index (κ2) is 8.42. The molecule has 0 aliphatic carbocycles.